The van der Waals surface area contributed by atoms with E-state index in [0.29, 0.717) is 12.6 Å². The molecule has 16 heavy (non-hydrogen) atoms. The Balaban J connectivity index is 2.03. The van der Waals surface area contributed by atoms with Crippen molar-refractivity contribution >= 4 is 0 Å². The van der Waals surface area contributed by atoms with Crippen LogP contribution in [0.25, 0.3) is 0 Å². The van der Waals surface area contributed by atoms with Crippen molar-refractivity contribution in [2.45, 2.75) is 19.0 Å². The Morgan fingerprint density at radius 3 is 3.00 bits per heavy atom. The molecule has 1 unspecified atom stereocenters. The Morgan fingerprint density at radius 2 is 2.25 bits per heavy atom. The summed E-state index contributed by atoms with van der Waals surface area (Å²) in [5.74, 6) is 0. The fourth-order valence-corrected chi connectivity index (χ4v) is 2.45. The van der Waals surface area contributed by atoms with Crippen molar-refractivity contribution in [1.82, 2.24) is 4.90 Å². The van der Waals surface area contributed by atoms with Gasteiger partial charge in [-0.1, -0.05) is 24.3 Å². The van der Waals surface area contributed by atoms with Crippen molar-refractivity contribution < 1.29 is 4.74 Å². The van der Waals surface area contributed by atoms with Gasteiger partial charge in [-0.05, 0) is 17.5 Å². The topological polar surface area (TPSA) is 38.5 Å². The monoisotopic (exact) mass is 220 g/mol. The summed E-state index contributed by atoms with van der Waals surface area (Å²) in [7, 11) is 1.75. The third kappa shape index (κ3) is 2.26. The van der Waals surface area contributed by atoms with Crippen LogP contribution in [-0.4, -0.2) is 31.7 Å². The molecule has 1 aromatic rings. The summed E-state index contributed by atoms with van der Waals surface area (Å²) >= 11 is 0. The third-order valence-electron chi connectivity index (χ3n) is 3.25. The number of nitrogens with two attached hydrogens (primary N) is 1. The van der Waals surface area contributed by atoms with E-state index >= 15 is 0 Å². The second-order valence-corrected chi connectivity index (χ2v) is 4.27. The molecule has 3 nitrogen and oxygen atoms in total. The number of methoxy groups -OCH3 is 1. The van der Waals surface area contributed by atoms with Crippen LogP contribution in [0.15, 0.2) is 24.3 Å². The molecule has 1 atom stereocenters. The molecule has 1 heterocycles. The van der Waals surface area contributed by atoms with E-state index in [0.717, 1.165) is 26.1 Å². The van der Waals surface area contributed by atoms with Gasteiger partial charge in [0.2, 0.25) is 0 Å². The van der Waals surface area contributed by atoms with Crippen molar-refractivity contribution in [2.24, 2.45) is 5.73 Å². The minimum Gasteiger partial charge on any atom is -0.385 e. The average molecular weight is 220 g/mol. The van der Waals surface area contributed by atoms with E-state index in [9.17, 15) is 0 Å². The van der Waals surface area contributed by atoms with Gasteiger partial charge in [0.25, 0.3) is 0 Å². The molecule has 88 valence electrons. The van der Waals surface area contributed by atoms with Crippen LogP contribution in [0, 0.1) is 0 Å². The van der Waals surface area contributed by atoms with Crippen molar-refractivity contribution in [3.05, 3.63) is 35.4 Å². The summed E-state index contributed by atoms with van der Waals surface area (Å²) in [5, 5.41) is 0. The standard InChI is InChI=1S/C13H20N2O/c1-16-8-4-7-15-10-11-5-2-3-6-12(11)13(15)9-14/h2-3,5-6,13H,4,7-10,14H2,1H3. The van der Waals surface area contributed by atoms with Crippen LogP contribution >= 0.6 is 0 Å². The Bertz CT molecular complexity index is 340. The summed E-state index contributed by atoms with van der Waals surface area (Å²) in [6.45, 7) is 3.61. The Morgan fingerprint density at radius 1 is 1.44 bits per heavy atom. The zero-order chi connectivity index (χ0) is 11.4. The highest BCUT2D eigenvalue weighted by atomic mass is 16.5. The smallest absolute Gasteiger partial charge is 0.0477 e. The van der Waals surface area contributed by atoms with Gasteiger partial charge in [-0.3, -0.25) is 4.90 Å². The number of hydrogen-bond acceptors (Lipinski definition) is 3. The van der Waals surface area contributed by atoms with Crippen LogP contribution in [0.5, 0.6) is 0 Å². The molecule has 2 N–H and O–H groups in total. The fraction of sp³-hybridized carbons (Fsp3) is 0.538. The first-order chi connectivity index (χ1) is 7.86. The SMILES string of the molecule is COCCCN1Cc2ccccc2C1CN. The van der Waals surface area contributed by atoms with Crippen LogP contribution < -0.4 is 5.73 Å². The maximum Gasteiger partial charge on any atom is 0.0477 e. The maximum absolute atomic E-state index is 5.87. The molecular weight excluding hydrogens is 200 g/mol. The number of nitrogens with zero attached hydrogens (tertiary/aromatic N) is 1. The predicted octanol–water partition coefficient (Wildman–Crippen LogP) is 1.54. The van der Waals surface area contributed by atoms with Gasteiger partial charge < -0.3 is 10.5 Å². The van der Waals surface area contributed by atoms with Crippen molar-refractivity contribution in [3.8, 4) is 0 Å². The van der Waals surface area contributed by atoms with E-state index in [1.165, 1.54) is 11.1 Å². The van der Waals surface area contributed by atoms with E-state index in [1.54, 1.807) is 7.11 Å². The molecule has 1 aliphatic rings. The highest BCUT2D eigenvalue weighted by molar-refractivity contribution is 5.34. The van der Waals surface area contributed by atoms with Gasteiger partial charge in [-0.25, -0.2) is 0 Å². The minimum atomic E-state index is 0.396. The van der Waals surface area contributed by atoms with Gasteiger partial charge in [0.15, 0.2) is 0 Å². The molecule has 0 saturated heterocycles. The second-order valence-electron chi connectivity index (χ2n) is 4.27. The van der Waals surface area contributed by atoms with Gasteiger partial charge in [0, 0.05) is 39.4 Å². The van der Waals surface area contributed by atoms with Crippen LogP contribution in [0.4, 0.5) is 0 Å². The molecule has 2 rings (SSSR count). The van der Waals surface area contributed by atoms with Gasteiger partial charge in [-0.2, -0.15) is 0 Å². The number of ether oxygens (including phenoxy) is 1. The summed E-state index contributed by atoms with van der Waals surface area (Å²) in [6, 6.07) is 9.00. The molecule has 1 aliphatic heterocycles. The molecule has 0 aliphatic carbocycles. The lowest BCUT2D eigenvalue weighted by atomic mass is 10.1. The van der Waals surface area contributed by atoms with Gasteiger partial charge >= 0.3 is 0 Å². The zero-order valence-electron chi connectivity index (χ0n) is 9.86. The summed E-state index contributed by atoms with van der Waals surface area (Å²) in [5.41, 5.74) is 8.70. The first-order valence-corrected chi connectivity index (χ1v) is 5.87. The van der Waals surface area contributed by atoms with Crippen molar-refractivity contribution in [3.63, 3.8) is 0 Å². The number of rotatable bonds is 5. The lowest BCUT2D eigenvalue weighted by Gasteiger charge is -2.23. The highest BCUT2D eigenvalue weighted by Gasteiger charge is 2.27. The largest absolute Gasteiger partial charge is 0.385 e. The predicted molar refractivity (Wildman–Crippen MR) is 65.1 cm³/mol. The Labute approximate surface area is 97.2 Å². The van der Waals surface area contributed by atoms with Gasteiger partial charge in [0.05, 0.1) is 0 Å². The minimum absolute atomic E-state index is 0.396. The van der Waals surface area contributed by atoms with Crippen molar-refractivity contribution in [2.75, 3.05) is 26.8 Å². The maximum atomic E-state index is 5.87. The first-order valence-electron chi connectivity index (χ1n) is 5.87. The fourth-order valence-electron chi connectivity index (χ4n) is 2.45. The zero-order valence-corrected chi connectivity index (χ0v) is 9.86. The first kappa shape index (κ1) is 11.6. The van der Waals surface area contributed by atoms with E-state index < -0.39 is 0 Å². The molecule has 0 spiro atoms. The van der Waals surface area contributed by atoms with Crippen molar-refractivity contribution in [1.29, 1.82) is 0 Å². The molecule has 0 amide bonds. The van der Waals surface area contributed by atoms with Crippen LogP contribution in [0.2, 0.25) is 0 Å². The number of hydrogen-bond donors (Lipinski definition) is 1. The van der Waals surface area contributed by atoms with E-state index in [2.05, 4.69) is 29.2 Å². The van der Waals surface area contributed by atoms with Crippen LogP contribution in [0.3, 0.4) is 0 Å². The molecule has 0 fully saturated rings. The molecule has 3 heteroatoms. The lowest BCUT2D eigenvalue weighted by molar-refractivity contribution is 0.156. The average Bonchev–Trinajstić information content (AvgIpc) is 2.67. The van der Waals surface area contributed by atoms with E-state index in [-0.39, 0.29) is 0 Å². The van der Waals surface area contributed by atoms with E-state index in [1.807, 2.05) is 0 Å². The molecule has 1 aromatic carbocycles. The molecule has 0 saturated carbocycles. The number of fused-ring (bicyclic) bond motifs is 1. The highest BCUT2D eigenvalue weighted by Crippen LogP contribution is 2.32. The van der Waals surface area contributed by atoms with Crippen LogP contribution in [0.1, 0.15) is 23.6 Å². The summed E-state index contributed by atoms with van der Waals surface area (Å²) in [6.07, 6.45) is 1.07. The molecular formula is C13H20N2O. The third-order valence-corrected chi connectivity index (χ3v) is 3.25. The number of benzene rings is 1. The quantitative estimate of drug-likeness (QED) is 0.765. The second kappa shape index (κ2) is 5.43. The molecule has 0 bridgehead atoms. The summed E-state index contributed by atoms with van der Waals surface area (Å²) in [4.78, 5) is 2.45. The molecule has 0 radical (unpaired) electrons. The molecule has 0 aromatic heterocycles. The Hall–Kier alpha value is -0.900. The normalized spacial score (nSPS) is 20.0. The lowest BCUT2D eigenvalue weighted by Crippen LogP contribution is -2.29. The Kier molecular flexibility index (Phi) is 3.93. The van der Waals surface area contributed by atoms with Crippen LogP contribution in [-0.2, 0) is 11.3 Å². The summed E-state index contributed by atoms with van der Waals surface area (Å²) < 4.78 is 5.09. The van der Waals surface area contributed by atoms with Gasteiger partial charge in [-0.15, -0.1) is 0 Å². The van der Waals surface area contributed by atoms with E-state index in [4.69, 9.17) is 10.5 Å². The van der Waals surface area contributed by atoms with Gasteiger partial charge in [0.1, 0.15) is 0 Å².